The van der Waals surface area contributed by atoms with E-state index < -0.39 is 36.2 Å². The summed E-state index contributed by atoms with van der Waals surface area (Å²) in [4.78, 5) is 29.3. The lowest BCUT2D eigenvalue weighted by atomic mass is 10.1. The molecule has 0 saturated carbocycles. The van der Waals surface area contributed by atoms with Gasteiger partial charge in [0, 0.05) is 6.20 Å². The van der Waals surface area contributed by atoms with E-state index in [1.165, 1.54) is 16.8 Å². The van der Waals surface area contributed by atoms with Crippen LogP contribution < -0.4 is 11.4 Å². The van der Waals surface area contributed by atoms with Crippen molar-refractivity contribution in [3.8, 4) is 0 Å². The number of carbonyl (C=O) groups is 1. The van der Waals surface area contributed by atoms with E-state index in [0.29, 0.717) is 5.56 Å². The van der Waals surface area contributed by atoms with Crippen molar-refractivity contribution in [1.29, 1.82) is 0 Å². The van der Waals surface area contributed by atoms with E-state index in [1.54, 1.807) is 24.3 Å². The van der Waals surface area contributed by atoms with Crippen LogP contribution in [-0.2, 0) is 32.2 Å². The quantitative estimate of drug-likeness (QED) is 0.310. The van der Waals surface area contributed by atoms with Crippen molar-refractivity contribution in [2.75, 3.05) is 12.3 Å². The highest BCUT2D eigenvalue weighted by atomic mass is 16.6. The Hall–Kier alpha value is -4.31. The number of hydrogen-bond acceptors (Lipinski definition) is 8. The van der Waals surface area contributed by atoms with Gasteiger partial charge in [0.05, 0.1) is 18.8 Å². The molecule has 0 aliphatic carbocycles. The smallest absolute Gasteiger partial charge is 0.351 e. The molecule has 5 rings (SSSR count). The largest absolute Gasteiger partial charge is 0.459 e. The van der Waals surface area contributed by atoms with Crippen molar-refractivity contribution in [2.24, 2.45) is 0 Å². The molecule has 2 N–H and O–H groups in total. The van der Waals surface area contributed by atoms with Gasteiger partial charge in [0.15, 0.2) is 6.23 Å². The predicted octanol–water partition coefficient (Wildman–Crippen LogP) is 3.75. The van der Waals surface area contributed by atoms with Gasteiger partial charge in [-0.15, -0.1) is 0 Å². The van der Waals surface area contributed by atoms with Crippen LogP contribution in [0, 0.1) is 0 Å². The Bertz CT molecular complexity index is 1420. The van der Waals surface area contributed by atoms with Crippen molar-refractivity contribution in [2.45, 2.75) is 37.8 Å². The van der Waals surface area contributed by atoms with E-state index in [-0.39, 0.29) is 25.6 Å². The molecule has 9 nitrogen and oxygen atoms in total. The summed E-state index contributed by atoms with van der Waals surface area (Å²) in [5.41, 5.74) is 7.45. The highest BCUT2D eigenvalue weighted by molar-refractivity contribution is 5.89. The van der Waals surface area contributed by atoms with Gasteiger partial charge in [-0.3, -0.25) is 4.57 Å². The Morgan fingerprint density at radius 3 is 1.97 bits per heavy atom. The Labute approximate surface area is 225 Å². The Balaban J connectivity index is 1.42. The number of esters is 1. The van der Waals surface area contributed by atoms with E-state index in [4.69, 9.17) is 24.7 Å². The molecule has 1 saturated heterocycles. The molecule has 1 fully saturated rings. The molecule has 1 aliphatic rings. The molecule has 200 valence electrons. The number of hydrogen-bond donors (Lipinski definition) is 1. The first-order chi connectivity index (χ1) is 19.1. The molecule has 1 aliphatic heterocycles. The van der Waals surface area contributed by atoms with E-state index in [1.807, 2.05) is 66.7 Å². The van der Waals surface area contributed by atoms with Crippen LogP contribution in [0.4, 0.5) is 5.82 Å². The fourth-order valence-corrected chi connectivity index (χ4v) is 4.41. The molecule has 9 heteroatoms. The van der Waals surface area contributed by atoms with Gasteiger partial charge in [-0.2, -0.15) is 4.98 Å². The van der Waals surface area contributed by atoms with Gasteiger partial charge in [0.1, 0.15) is 30.7 Å². The normalized spacial score (nSPS) is 20.5. The van der Waals surface area contributed by atoms with Gasteiger partial charge in [0.25, 0.3) is 0 Å². The van der Waals surface area contributed by atoms with Gasteiger partial charge in [-0.1, -0.05) is 78.9 Å². The topological polar surface area (TPSA) is 115 Å². The SMILES string of the molecule is Nc1ccn(C2OC(COC(=O)c3ccccc3)C(OCc3ccccc3)C2OCc2ccccc2)c(=O)n1. The van der Waals surface area contributed by atoms with Crippen molar-refractivity contribution in [3.63, 3.8) is 0 Å². The van der Waals surface area contributed by atoms with Crippen molar-refractivity contribution < 1.29 is 23.7 Å². The molecule has 39 heavy (non-hydrogen) atoms. The van der Waals surface area contributed by atoms with E-state index >= 15 is 0 Å². The lowest BCUT2D eigenvalue weighted by Crippen LogP contribution is -2.40. The second kappa shape index (κ2) is 12.5. The average Bonchev–Trinajstić information content (AvgIpc) is 3.32. The lowest BCUT2D eigenvalue weighted by molar-refractivity contribution is -0.0915. The van der Waals surface area contributed by atoms with Crippen LogP contribution >= 0.6 is 0 Å². The Morgan fingerprint density at radius 1 is 0.821 bits per heavy atom. The molecule has 4 unspecified atom stereocenters. The maximum Gasteiger partial charge on any atom is 0.351 e. The number of aromatic nitrogens is 2. The molecule has 3 aromatic carbocycles. The third kappa shape index (κ3) is 6.58. The molecule has 1 aromatic heterocycles. The zero-order valence-corrected chi connectivity index (χ0v) is 21.2. The monoisotopic (exact) mass is 527 g/mol. The fourth-order valence-electron chi connectivity index (χ4n) is 4.41. The van der Waals surface area contributed by atoms with E-state index in [0.717, 1.165) is 11.1 Å². The highest BCUT2D eigenvalue weighted by Crippen LogP contribution is 2.34. The average molecular weight is 528 g/mol. The minimum absolute atomic E-state index is 0.0984. The van der Waals surface area contributed by atoms with Gasteiger partial charge in [-0.25, -0.2) is 9.59 Å². The molecule has 2 heterocycles. The van der Waals surface area contributed by atoms with Crippen molar-refractivity contribution in [1.82, 2.24) is 9.55 Å². The van der Waals surface area contributed by atoms with Gasteiger partial charge in [0.2, 0.25) is 0 Å². The summed E-state index contributed by atoms with van der Waals surface area (Å²) < 4.78 is 26.0. The number of ether oxygens (including phenoxy) is 4. The predicted molar refractivity (Wildman–Crippen MR) is 144 cm³/mol. The summed E-state index contributed by atoms with van der Waals surface area (Å²) in [6.07, 6.45) is -1.50. The maximum atomic E-state index is 12.8. The second-order valence-electron chi connectivity index (χ2n) is 9.09. The molecule has 0 spiro atoms. The number of nitrogens with zero attached hydrogens (tertiary/aromatic N) is 2. The first kappa shape index (κ1) is 26.3. The van der Waals surface area contributed by atoms with Crippen molar-refractivity contribution in [3.05, 3.63) is 130 Å². The highest BCUT2D eigenvalue weighted by Gasteiger charge is 2.48. The second-order valence-corrected chi connectivity index (χ2v) is 9.09. The molecule has 0 bridgehead atoms. The summed E-state index contributed by atoms with van der Waals surface area (Å²) in [5.74, 6) is -0.390. The summed E-state index contributed by atoms with van der Waals surface area (Å²) in [5, 5.41) is 0. The van der Waals surface area contributed by atoms with Crippen LogP contribution in [0.15, 0.2) is 108 Å². The zero-order chi connectivity index (χ0) is 27.0. The number of nitrogens with two attached hydrogens (primary N) is 1. The van der Waals surface area contributed by atoms with Crippen LogP contribution in [0.5, 0.6) is 0 Å². The molecular weight excluding hydrogens is 498 g/mol. The van der Waals surface area contributed by atoms with E-state index in [2.05, 4.69) is 4.98 Å². The van der Waals surface area contributed by atoms with Crippen LogP contribution in [0.25, 0.3) is 0 Å². The zero-order valence-electron chi connectivity index (χ0n) is 21.2. The molecular formula is C30H29N3O6. The third-order valence-corrected chi connectivity index (χ3v) is 6.37. The number of anilines is 1. The lowest BCUT2D eigenvalue weighted by Gasteiger charge is -2.25. The van der Waals surface area contributed by atoms with Gasteiger partial charge >= 0.3 is 11.7 Å². The Morgan fingerprint density at radius 2 is 1.38 bits per heavy atom. The van der Waals surface area contributed by atoms with Crippen LogP contribution in [0.2, 0.25) is 0 Å². The van der Waals surface area contributed by atoms with E-state index in [9.17, 15) is 9.59 Å². The number of rotatable bonds is 10. The van der Waals surface area contributed by atoms with Gasteiger partial charge < -0.3 is 24.7 Å². The maximum absolute atomic E-state index is 12.8. The fraction of sp³-hybridized carbons (Fsp3) is 0.233. The standard InChI is InChI=1S/C30H29N3O6/c31-25-16-17-33(30(35)32-25)28-27(37-19-22-12-6-2-7-13-22)26(36-18-21-10-4-1-5-11-21)24(39-28)20-38-29(34)23-14-8-3-9-15-23/h1-17,24,26-28H,18-20H2,(H2,31,32,35). The summed E-state index contributed by atoms with van der Waals surface area (Å²) in [6.45, 7) is 0.418. The number of nitrogen functional groups attached to an aromatic ring is 1. The molecule has 4 aromatic rings. The molecule has 0 radical (unpaired) electrons. The Kier molecular flexibility index (Phi) is 8.42. The van der Waals surface area contributed by atoms with Crippen LogP contribution in [0.1, 0.15) is 27.7 Å². The summed E-state index contributed by atoms with van der Waals surface area (Å²) in [7, 11) is 0. The first-order valence-corrected chi connectivity index (χ1v) is 12.6. The minimum Gasteiger partial charge on any atom is -0.459 e. The summed E-state index contributed by atoms with van der Waals surface area (Å²) >= 11 is 0. The number of benzene rings is 3. The first-order valence-electron chi connectivity index (χ1n) is 12.6. The minimum atomic E-state index is -0.893. The molecule has 0 amide bonds. The summed E-state index contributed by atoms with van der Waals surface area (Å²) in [6, 6.07) is 29.5. The number of carbonyl (C=O) groups excluding carboxylic acids is 1. The van der Waals surface area contributed by atoms with Crippen molar-refractivity contribution >= 4 is 11.8 Å². The van der Waals surface area contributed by atoms with Crippen LogP contribution in [-0.4, -0.2) is 40.4 Å². The van der Waals surface area contributed by atoms with Crippen LogP contribution in [0.3, 0.4) is 0 Å². The van der Waals surface area contributed by atoms with Gasteiger partial charge in [-0.05, 0) is 29.3 Å². The third-order valence-electron chi connectivity index (χ3n) is 6.37. The molecule has 4 atom stereocenters.